The lowest BCUT2D eigenvalue weighted by Gasteiger charge is -2.37. The topological polar surface area (TPSA) is 124 Å². The summed E-state index contributed by atoms with van der Waals surface area (Å²) in [6, 6.07) is 4.90. The normalized spacial score (nSPS) is 22.2. The highest BCUT2D eigenvalue weighted by Crippen LogP contribution is 2.69. The van der Waals surface area contributed by atoms with E-state index in [1.54, 1.807) is 19.2 Å². The summed E-state index contributed by atoms with van der Waals surface area (Å²) >= 11 is 0. The number of rotatable bonds is 6. The third-order valence-electron chi connectivity index (χ3n) is 8.25. The molecule has 0 amide bonds. The van der Waals surface area contributed by atoms with E-state index in [1.165, 1.54) is 30.7 Å². The number of nitrogens with one attached hydrogen (secondary N) is 1. The predicted octanol–water partition coefficient (Wildman–Crippen LogP) is 4.68. The number of benzene rings is 1. The van der Waals surface area contributed by atoms with Crippen LogP contribution in [0.1, 0.15) is 68.2 Å². The van der Waals surface area contributed by atoms with Crippen LogP contribution in [0.5, 0.6) is 0 Å². The Morgan fingerprint density at radius 2 is 1.85 bits per heavy atom. The third kappa shape index (κ3) is 3.88. The molecule has 2 bridgehead atoms. The average Bonchev–Trinajstić information content (AvgIpc) is 3.52. The standard InChI is InChI=1S/C27H26F2N6O3S/c1-14(35-39(4,36)37)21-13-38-25(32-21)20-11-30-12-22(31-20)27-9-8-16(26(27,2)3)15-10-19(33-34-24(15)27)23-17(28)6-5-7-18(23)29/h5-7,10-14,16,35H,8-9H2,1-4H3/t14-,16+,27+/m1/s1. The average molecular weight is 553 g/mol. The molecule has 0 unspecified atom stereocenters. The van der Waals surface area contributed by atoms with Crippen LogP contribution >= 0.6 is 0 Å². The zero-order valence-corrected chi connectivity index (χ0v) is 22.6. The van der Waals surface area contributed by atoms with E-state index in [0.29, 0.717) is 17.1 Å². The number of oxazole rings is 1. The molecule has 6 rings (SSSR count). The van der Waals surface area contributed by atoms with Crippen molar-refractivity contribution in [2.24, 2.45) is 5.41 Å². The molecule has 12 heteroatoms. The molecule has 2 aliphatic carbocycles. The molecule has 3 heterocycles. The van der Waals surface area contributed by atoms with E-state index in [-0.39, 0.29) is 28.5 Å². The highest BCUT2D eigenvalue weighted by Gasteiger charge is 2.65. The third-order valence-corrected chi connectivity index (χ3v) is 9.03. The second-order valence-corrected chi connectivity index (χ2v) is 12.6. The van der Waals surface area contributed by atoms with Gasteiger partial charge in [-0.1, -0.05) is 19.9 Å². The minimum Gasteiger partial charge on any atom is -0.443 e. The molecule has 0 saturated heterocycles. The SMILES string of the molecule is C[C@@H](NS(C)(=O)=O)c1coc(-c2cncc([C@@]34CC[C@@H](c5cc(-c6c(F)cccc6F)nnc53)C4(C)C)n2)n1. The number of hydrogen-bond acceptors (Lipinski definition) is 8. The Bertz CT molecular complexity index is 1700. The highest BCUT2D eigenvalue weighted by molar-refractivity contribution is 7.88. The van der Waals surface area contributed by atoms with Crippen molar-refractivity contribution in [1.29, 1.82) is 0 Å². The number of sulfonamides is 1. The molecule has 0 aliphatic heterocycles. The molecule has 9 nitrogen and oxygen atoms in total. The number of aromatic nitrogens is 5. The van der Waals surface area contributed by atoms with E-state index in [4.69, 9.17) is 9.40 Å². The van der Waals surface area contributed by atoms with Crippen molar-refractivity contribution >= 4 is 10.0 Å². The van der Waals surface area contributed by atoms with Gasteiger partial charge in [0.25, 0.3) is 0 Å². The molecule has 1 N–H and O–H groups in total. The molecular weight excluding hydrogens is 526 g/mol. The lowest BCUT2D eigenvalue weighted by atomic mass is 9.66. The summed E-state index contributed by atoms with van der Waals surface area (Å²) < 4.78 is 60.4. The lowest BCUT2D eigenvalue weighted by molar-refractivity contribution is 0.242. The van der Waals surface area contributed by atoms with Crippen LogP contribution in [0, 0.1) is 17.0 Å². The van der Waals surface area contributed by atoms with Crippen LogP contribution in [0.25, 0.3) is 22.8 Å². The molecule has 202 valence electrons. The second-order valence-electron chi connectivity index (χ2n) is 10.8. The van der Waals surface area contributed by atoms with Gasteiger partial charge in [-0.25, -0.2) is 31.9 Å². The van der Waals surface area contributed by atoms with Gasteiger partial charge in [0.1, 0.15) is 23.6 Å². The summed E-state index contributed by atoms with van der Waals surface area (Å²) in [6.07, 6.45) is 7.30. The van der Waals surface area contributed by atoms with Gasteiger partial charge >= 0.3 is 0 Å². The van der Waals surface area contributed by atoms with Crippen LogP contribution in [-0.4, -0.2) is 39.8 Å². The zero-order valence-electron chi connectivity index (χ0n) is 21.7. The fourth-order valence-corrected chi connectivity index (χ4v) is 7.18. The van der Waals surface area contributed by atoms with Crippen LogP contribution in [0.3, 0.4) is 0 Å². The lowest BCUT2D eigenvalue weighted by Crippen LogP contribution is -2.38. The van der Waals surface area contributed by atoms with Gasteiger partial charge in [0.05, 0.1) is 52.2 Å². The first-order valence-electron chi connectivity index (χ1n) is 12.5. The van der Waals surface area contributed by atoms with E-state index >= 15 is 0 Å². The van der Waals surface area contributed by atoms with Crippen LogP contribution in [0.4, 0.5) is 8.78 Å². The van der Waals surface area contributed by atoms with Gasteiger partial charge in [-0.3, -0.25) is 4.98 Å². The van der Waals surface area contributed by atoms with Crippen molar-refractivity contribution in [3.8, 4) is 22.8 Å². The summed E-state index contributed by atoms with van der Waals surface area (Å²) in [5, 5.41) is 8.82. The molecule has 1 saturated carbocycles. The molecular formula is C27H26F2N6O3S. The highest BCUT2D eigenvalue weighted by atomic mass is 32.2. The van der Waals surface area contributed by atoms with Gasteiger partial charge in [-0.15, -0.1) is 5.10 Å². The second kappa shape index (κ2) is 8.68. The molecule has 39 heavy (non-hydrogen) atoms. The number of fused-ring (bicyclic) bond motifs is 5. The molecule has 1 aromatic carbocycles. The van der Waals surface area contributed by atoms with E-state index in [9.17, 15) is 17.2 Å². The number of hydrogen-bond donors (Lipinski definition) is 1. The van der Waals surface area contributed by atoms with Gasteiger partial charge in [-0.05, 0) is 54.9 Å². The molecule has 1 fully saturated rings. The maximum Gasteiger partial charge on any atom is 0.246 e. The molecule has 3 atom stereocenters. The summed E-state index contributed by atoms with van der Waals surface area (Å²) in [7, 11) is -3.43. The Labute approximate surface area is 224 Å². The molecule has 0 radical (unpaired) electrons. The predicted molar refractivity (Wildman–Crippen MR) is 138 cm³/mol. The van der Waals surface area contributed by atoms with E-state index < -0.39 is 33.1 Å². The first kappa shape index (κ1) is 25.6. The minimum atomic E-state index is -3.43. The largest absolute Gasteiger partial charge is 0.443 e. The fraction of sp³-hybridized carbons (Fsp3) is 0.370. The van der Waals surface area contributed by atoms with Gasteiger partial charge in [0, 0.05) is 6.20 Å². The van der Waals surface area contributed by atoms with Crippen molar-refractivity contribution < 1.29 is 21.6 Å². The first-order valence-corrected chi connectivity index (χ1v) is 14.4. The monoisotopic (exact) mass is 552 g/mol. The van der Waals surface area contributed by atoms with Crippen LogP contribution < -0.4 is 4.72 Å². The molecule has 3 aromatic heterocycles. The summed E-state index contributed by atoms with van der Waals surface area (Å²) in [5.74, 6) is -1.09. The van der Waals surface area contributed by atoms with Gasteiger partial charge in [0.2, 0.25) is 15.9 Å². The van der Waals surface area contributed by atoms with E-state index in [1.807, 2.05) is 0 Å². The van der Waals surface area contributed by atoms with Crippen molar-refractivity contribution in [2.75, 3.05) is 6.26 Å². The van der Waals surface area contributed by atoms with E-state index in [2.05, 4.69) is 38.7 Å². The Morgan fingerprint density at radius 3 is 2.56 bits per heavy atom. The smallest absolute Gasteiger partial charge is 0.246 e. The quantitative estimate of drug-likeness (QED) is 0.366. The fourth-order valence-electron chi connectivity index (χ4n) is 6.42. The Kier molecular flexibility index (Phi) is 5.71. The molecule has 0 spiro atoms. The maximum absolute atomic E-state index is 14.5. The minimum absolute atomic E-state index is 0.0818. The van der Waals surface area contributed by atoms with Crippen LogP contribution in [-0.2, 0) is 15.4 Å². The summed E-state index contributed by atoms with van der Waals surface area (Å²) in [4.78, 5) is 13.8. The van der Waals surface area contributed by atoms with Crippen molar-refractivity contribution in [3.63, 3.8) is 0 Å². The first-order chi connectivity index (χ1) is 18.4. The van der Waals surface area contributed by atoms with Crippen LogP contribution in [0.2, 0.25) is 0 Å². The maximum atomic E-state index is 14.5. The molecule has 2 aliphatic rings. The van der Waals surface area contributed by atoms with Crippen molar-refractivity contribution in [2.45, 2.75) is 51.0 Å². The summed E-state index contributed by atoms with van der Waals surface area (Å²) in [5.41, 5.74) is 2.12. The van der Waals surface area contributed by atoms with Crippen molar-refractivity contribution in [3.05, 3.63) is 77.2 Å². The summed E-state index contributed by atoms with van der Waals surface area (Å²) in [6.45, 7) is 5.96. The number of nitrogens with zero attached hydrogens (tertiary/aromatic N) is 5. The van der Waals surface area contributed by atoms with Crippen LogP contribution in [0.15, 0.2) is 47.3 Å². The van der Waals surface area contributed by atoms with E-state index in [0.717, 1.165) is 30.4 Å². The Balaban J connectivity index is 1.42. The van der Waals surface area contributed by atoms with Gasteiger partial charge in [0.15, 0.2) is 0 Å². The van der Waals surface area contributed by atoms with Crippen molar-refractivity contribution in [1.82, 2.24) is 29.9 Å². The molecule has 4 aromatic rings. The Hall–Kier alpha value is -3.64. The Morgan fingerprint density at radius 1 is 1.10 bits per heavy atom. The number of halogens is 2. The van der Waals surface area contributed by atoms with Gasteiger partial charge in [-0.2, -0.15) is 5.10 Å². The zero-order chi connectivity index (χ0) is 27.7. The van der Waals surface area contributed by atoms with Gasteiger partial charge < -0.3 is 4.42 Å².